The lowest BCUT2D eigenvalue weighted by atomic mass is 10.1. The second-order valence-electron chi connectivity index (χ2n) is 5.55. The number of carbonyl (C=O) groups excluding carboxylic acids is 1. The van der Waals surface area contributed by atoms with Crippen LogP contribution in [0.15, 0.2) is 16.7 Å². The summed E-state index contributed by atoms with van der Waals surface area (Å²) in [4.78, 5) is 10.4. The summed E-state index contributed by atoms with van der Waals surface area (Å²) in [5.41, 5.74) is 1.36. The summed E-state index contributed by atoms with van der Waals surface area (Å²) in [7, 11) is 0. The van der Waals surface area contributed by atoms with Crippen LogP contribution in [0, 0.1) is 5.82 Å². The molecule has 3 rings (SSSR count). The zero-order valence-corrected chi connectivity index (χ0v) is 13.8. The summed E-state index contributed by atoms with van der Waals surface area (Å²) in [5.74, 6) is -0.261. The van der Waals surface area contributed by atoms with Crippen molar-refractivity contribution in [2.75, 3.05) is 6.61 Å². The molecule has 1 aromatic heterocycles. The van der Waals surface area contributed by atoms with Gasteiger partial charge in [0.25, 0.3) is 0 Å². The summed E-state index contributed by atoms with van der Waals surface area (Å²) < 4.78 is 22.7. The fraction of sp³-hybridized carbons (Fsp3) is 0.500. The third-order valence-electron chi connectivity index (χ3n) is 4.06. The van der Waals surface area contributed by atoms with Crippen LogP contribution in [0.3, 0.4) is 0 Å². The number of halogens is 2. The highest BCUT2D eigenvalue weighted by Gasteiger charge is 2.21. The Bertz CT molecular complexity index is 680. The van der Waals surface area contributed by atoms with Crippen molar-refractivity contribution in [2.24, 2.45) is 0 Å². The van der Waals surface area contributed by atoms with E-state index >= 15 is 0 Å². The van der Waals surface area contributed by atoms with Gasteiger partial charge in [0.1, 0.15) is 12.1 Å². The van der Waals surface area contributed by atoms with E-state index in [-0.39, 0.29) is 12.0 Å². The van der Waals surface area contributed by atoms with Crippen LogP contribution < -0.4 is 0 Å². The van der Waals surface area contributed by atoms with E-state index in [1.165, 1.54) is 6.07 Å². The summed E-state index contributed by atoms with van der Waals surface area (Å²) in [6, 6.07) is 1.53. The third kappa shape index (κ3) is 2.94. The molecule has 1 aliphatic heterocycles. The molecule has 1 aromatic carbocycles. The summed E-state index contributed by atoms with van der Waals surface area (Å²) in [6.07, 6.45) is 7.18. The Hall–Kier alpha value is -1.27. The van der Waals surface area contributed by atoms with Crippen LogP contribution in [-0.4, -0.2) is 22.7 Å². The number of fused-ring (bicyclic) bond motifs is 1. The number of benzene rings is 1. The average Bonchev–Trinajstić information content (AvgIpc) is 2.95. The fourth-order valence-corrected chi connectivity index (χ4v) is 3.59. The highest BCUT2D eigenvalue weighted by atomic mass is 79.9. The molecule has 118 valence electrons. The first-order chi connectivity index (χ1) is 10.7. The summed E-state index contributed by atoms with van der Waals surface area (Å²) >= 11 is 3.50. The van der Waals surface area contributed by atoms with Crippen molar-refractivity contribution in [3.63, 3.8) is 0 Å². The molecule has 0 bridgehead atoms. The minimum absolute atomic E-state index is 0.113. The van der Waals surface area contributed by atoms with Crippen molar-refractivity contribution in [2.45, 2.75) is 44.8 Å². The van der Waals surface area contributed by atoms with Gasteiger partial charge in [-0.3, -0.25) is 0 Å². The molecule has 1 fully saturated rings. The maximum atomic E-state index is 14.4. The Balaban J connectivity index is 1.96. The van der Waals surface area contributed by atoms with Crippen LogP contribution in [0.4, 0.5) is 4.39 Å². The molecule has 0 spiro atoms. The van der Waals surface area contributed by atoms with Crippen molar-refractivity contribution in [3.8, 4) is 0 Å². The lowest BCUT2D eigenvalue weighted by Gasteiger charge is -2.23. The van der Waals surface area contributed by atoms with Crippen molar-refractivity contribution < 1.29 is 13.9 Å². The van der Waals surface area contributed by atoms with Gasteiger partial charge in [-0.25, -0.2) is 9.07 Å². The van der Waals surface area contributed by atoms with Gasteiger partial charge in [0, 0.05) is 34.5 Å². The van der Waals surface area contributed by atoms with Crippen molar-refractivity contribution in [1.82, 2.24) is 9.78 Å². The standard InChI is InChI=1S/C16H18BrFN2O2/c17-16-11(5-1-3-7-21)13(18)9-14-12(16)10-19-20(14)15-6-2-4-8-22-15/h7,9-10,15H,1-6,8H2. The quantitative estimate of drug-likeness (QED) is 0.587. The van der Waals surface area contributed by atoms with Crippen molar-refractivity contribution in [1.29, 1.82) is 0 Å². The number of carbonyl (C=O) groups is 1. The van der Waals surface area contributed by atoms with Crippen LogP contribution in [0.1, 0.15) is 43.9 Å². The Morgan fingerprint density at radius 3 is 3.09 bits per heavy atom. The molecule has 0 amide bonds. The van der Waals surface area contributed by atoms with Gasteiger partial charge >= 0.3 is 0 Å². The smallest absolute Gasteiger partial charge is 0.150 e. The average molecular weight is 369 g/mol. The molecule has 1 aliphatic rings. The van der Waals surface area contributed by atoms with Crippen LogP contribution in [0.25, 0.3) is 10.9 Å². The van der Waals surface area contributed by atoms with E-state index in [1.54, 1.807) is 10.9 Å². The van der Waals surface area contributed by atoms with Gasteiger partial charge < -0.3 is 9.53 Å². The number of hydrogen-bond donors (Lipinski definition) is 0. The van der Waals surface area contributed by atoms with Crippen LogP contribution in [0.5, 0.6) is 0 Å². The van der Waals surface area contributed by atoms with E-state index in [0.29, 0.717) is 24.8 Å². The molecule has 1 saturated heterocycles. The van der Waals surface area contributed by atoms with E-state index < -0.39 is 0 Å². The van der Waals surface area contributed by atoms with E-state index in [9.17, 15) is 9.18 Å². The predicted octanol–water partition coefficient (Wildman–Crippen LogP) is 4.16. The number of hydrogen-bond acceptors (Lipinski definition) is 3. The Labute approximate surface area is 136 Å². The van der Waals surface area contributed by atoms with Gasteiger partial charge in [0.05, 0.1) is 11.7 Å². The van der Waals surface area contributed by atoms with Crippen molar-refractivity contribution in [3.05, 3.63) is 28.1 Å². The van der Waals surface area contributed by atoms with E-state index in [4.69, 9.17) is 4.74 Å². The molecule has 0 radical (unpaired) electrons. The van der Waals surface area contributed by atoms with E-state index in [1.807, 2.05) is 0 Å². The number of ether oxygens (including phenoxy) is 1. The Kier molecular flexibility index (Phi) is 4.88. The number of unbranched alkanes of at least 4 members (excludes halogenated alkanes) is 1. The minimum Gasteiger partial charge on any atom is -0.356 e. The molecule has 2 heterocycles. The fourth-order valence-electron chi connectivity index (χ4n) is 2.90. The summed E-state index contributed by atoms with van der Waals surface area (Å²) in [6.45, 7) is 0.722. The largest absolute Gasteiger partial charge is 0.356 e. The Morgan fingerprint density at radius 1 is 1.50 bits per heavy atom. The first-order valence-corrected chi connectivity index (χ1v) is 8.41. The highest BCUT2D eigenvalue weighted by Crippen LogP contribution is 2.34. The first kappa shape index (κ1) is 15.6. The molecule has 1 atom stereocenters. The van der Waals surface area contributed by atoms with Gasteiger partial charge in [0.15, 0.2) is 6.23 Å². The van der Waals surface area contributed by atoms with Crippen LogP contribution in [-0.2, 0) is 16.0 Å². The second-order valence-corrected chi connectivity index (χ2v) is 6.35. The molecule has 0 N–H and O–H groups in total. The lowest BCUT2D eigenvalue weighted by molar-refractivity contribution is -0.107. The number of rotatable bonds is 5. The number of aromatic nitrogens is 2. The number of nitrogens with zero attached hydrogens (tertiary/aromatic N) is 2. The van der Waals surface area contributed by atoms with Crippen LogP contribution >= 0.6 is 15.9 Å². The highest BCUT2D eigenvalue weighted by molar-refractivity contribution is 9.10. The van der Waals surface area contributed by atoms with E-state index in [0.717, 1.165) is 47.5 Å². The molecular weight excluding hydrogens is 351 g/mol. The van der Waals surface area contributed by atoms with Gasteiger partial charge in [0.2, 0.25) is 0 Å². The van der Waals surface area contributed by atoms with Gasteiger partial charge in [-0.05, 0) is 48.0 Å². The number of aldehydes is 1. The lowest BCUT2D eigenvalue weighted by Crippen LogP contribution is -2.19. The maximum Gasteiger partial charge on any atom is 0.150 e. The normalized spacial score (nSPS) is 18.7. The first-order valence-electron chi connectivity index (χ1n) is 7.61. The molecule has 0 aliphatic carbocycles. The van der Waals surface area contributed by atoms with Gasteiger partial charge in [-0.2, -0.15) is 5.10 Å². The molecular formula is C16H18BrFN2O2. The zero-order chi connectivity index (χ0) is 15.5. The second kappa shape index (κ2) is 6.87. The SMILES string of the molecule is O=CCCCc1c(F)cc2c(cnn2C2CCCCO2)c1Br. The molecule has 4 nitrogen and oxygen atoms in total. The molecule has 0 saturated carbocycles. The zero-order valence-electron chi connectivity index (χ0n) is 12.2. The molecule has 6 heteroatoms. The molecule has 22 heavy (non-hydrogen) atoms. The maximum absolute atomic E-state index is 14.4. The Morgan fingerprint density at radius 2 is 2.36 bits per heavy atom. The topological polar surface area (TPSA) is 44.1 Å². The van der Waals surface area contributed by atoms with E-state index in [2.05, 4.69) is 21.0 Å². The molecule has 1 unspecified atom stereocenters. The molecule has 2 aromatic rings. The third-order valence-corrected chi connectivity index (χ3v) is 4.97. The minimum atomic E-state index is -0.261. The summed E-state index contributed by atoms with van der Waals surface area (Å²) in [5, 5.41) is 5.28. The monoisotopic (exact) mass is 368 g/mol. The predicted molar refractivity (Wildman–Crippen MR) is 85.2 cm³/mol. The van der Waals surface area contributed by atoms with Gasteiger partial charge in [-0.15, -0.1) is 0 Å². The van der Waals surface area contributed by atoms with Gasteiger partial charge in [-0.1, -0.05) is 0 Å². The van der Waals surface area contributed by atoms with Crippen molar-refractivity contribution >= 4 is 33.1 Å². The van der Waals surface area contributed by atoms with Crippen LogP contribution in [0.2, 0.25) is 0 Å².